The van der Waals surface area contributed by atoms with Gasteiger partial charge in [-0.25, -0.2) is 17.9 Å². The Labute approximate surface area is 154 Å². The fourth-order valence-corrected chi connectivity index (χ4v) is 3.90. The van der Waals surface area contributed by atoms with Gasteiger partial charge in [0.2, 0.25) is 10.0 Å². The predicted molar refractivity (Wildman–Crippen MR) is 102 cm³/mol. The van der Waals surface area contributed by atoms with E-state index in [1.165, 1.54) is 18.2 Å². The Kier molecular flexibility index (Phi) is 6.39. The number of nitrogens with one attached hydrogen (secondary N) is 2. The van der Waals surface area contributed by atoms with Gasteiger partial charge in [-0.2, -0.15) is 0 Å². The fourth-order valence-electron chi connectivity index (χ4n) is 2.47. The van der Waals surface area contributed by atoms with Crippen molar-refractivity contribution >= 4 is 21.7 Å². The highest BCUT2D eigenvalue weighted by molar-refractivity contribution is 7.89. The molecule has 0 aliphatic heterocycles. The number of carboxylic acid groups (broad SMARTS) is 1. The lowest BCUT2D eigenvalue weighted by molar-refractivity contribution is 0.0696. The molecule has 2 rings (SSSR count). The van der Waals surface area contributed by atoms with Crippen LogP contribution in [0.15, 0.2) is 53.4 Å². The highest BCUT2D eigenvalue weighted by atomic mass is 32.2. The number of benzene rings is 2. The monoisotopic (exact) mass is 376 g/mol. The van der Waals surface area contributed by atoms with Gasteiger partial charge < -0.3 is 10.4 Å². The molecule has 2 aromatic rings. The maximum Gasteiger partial charge on any atom is 0.335 e. The summed E-state index contributed by atoms with van der Waals surface area (Å²) < 4.78 is 28.5. The summed E-state index contributed by atoms with van der Waals surface area (Å²) in [7, 11) is -3.92. The van der Waals surface area contributed by atoms with Crippen molar-refractivity contribution in [3.05, 3.63) is 59.7 Å². The summed E-state index contributed by atoms with van der Waals surface area (Å²) in [5, 5.41) is 12.4. The van der Waals surface area contributed by atoms with Crippen molar-refractivity contribution in [3.63, 3.8) is 0 Å². The second kappa shape index (κ2) is 8.33. The smallest absolute Gasteiger partial charge is 0.335 e. The lowest BCUT2D eigenvalue weighted by Gasteiger charge is -2.20. The van der Waals surface area contributed by atoms with Gasteiger partial charge in [0, 0.05) is 12.1 Å². The van der Waals surface area contributed by atoms with Crippen LogP contribution in [-0.4, -0.2) is 25.5 Å². The van der Waals surface area contributed by atoms with Crippen molar-refractivity contribution in [2.45, 2.75) is 44.2 Å². The number of sulfonamides is 1. The van der Waals surface area contributed by atoms with Crippen LogP contribution in [0.1, 0.15) is 49.2 Å². The molecule has 0 aliphatic carbocycles. The summed E-state index contributed by atoms with van der Waals surface area (Å²) in [6.07, 6.45) is 0.800. The van der Waals surface area contributed by atoms with Crippen LogP contribution in [0.25, 0.3) is 0 Å². The van der Waals surface area contributed by atoms with Gasteiger partial charge in [-0.15, -0.1) is 0 Å². The highest BCUT2D eigenvalue weighted by Gasteiger charge is 2.24. The topological polar surface area (TPSA) is 95.5 Å². The van der Waals surface area contributed by atoms with Gasteiger partial charge in [0.05, 0.1) is 11.3 Å². The van der Waals surface area contributed by atoms with Crippen LogP contribution in [0.3, 0.4) is 0 Å². The summed E-state index contributed by atoms with van der Waals surface area (Å²) in [6, 6.07) is 12.9. The van der Waals surface area contributed by atoms with Crippen molar-refractivity contribution in [1.29, 1.82) is 0 Å². The van der Waals surface area contributed by atoms with E-state index in [-0.39, 0.29) is 16.5 Å². The highest BCUT2D eigenvalue weighted by Crippen LogP contribution is 2.26. The third kappa shape index (κ3) is 4.83. The zero-order valence-corrected chi connectivity index (χ0v) is 15.9. The standard InChI is InChI=1S/C19H24N2O4S/c1-4-13(2)20-17-11-10-16(19(22)23)12-18(17)26(24,25)21-14(3)15-8-6-5-7-9-15/h5-14,20-21H,4H2,1-3H3,(H,22,23)/t13-,14+/m1/s1. The first-order valence-corrected chi connectivity index (χ1v) is 9.94. The normalized spacial score (nSPS) is 13.8. The lowest BCUT2D eigenvalue weighted by Crippen LogP contribution is -2.28. The quantitative estimate of drug-likeness (QED) is 0.654. The van der Waals surface area contributed by atoms with Crippen LogP contribution in [0.2, 0.25) is 0 Å². The van der Waals surface area contributed by atoms with Gasteiger partial charge in [-0.05, 0) is 44.0 Å². The van der Waals surface area contributed by atoms with Crippen molar-refractivity contribution in [2.24, 2.45) is 0 Å². The molecule has 6 nitrogen and oxygen atoms in total. The van der Waals surface area contributed by atoms with Crippen molar-refractivity contribution in [2.75, 3.05) is 5.32 Å². The molecule has 0 saturated carbocycles. The molecular formula is C19H24N2O4S. The van der Waals surface area contributed by atoms with E-state index in [1.54, 1.807) is 6.92 Å². The SMILES string of the molecule is CC[C@@H](C)Nc1ccc(C(=O)O)cc1S(=O)(=O)N[C@@H](C)c1ccccc1. The van der Waals surface area contributed by atoms with Crippen LogP contribution >= 0.6 is 0 Å². The molecule has 0 unspecified atom stereocenters. The summed E-state index contributed by atoms with van der Waals surface area (Å²) in [4.78, 5) is 11.2. The van der Waals surface area contributed by atoms with Crippen LogP contribution in [0.5, 0.6) is 0 Å². The van der Waals surface area contributed by atoms with Gasteiger partial charge in [0.15, 0.2) is 0 Å². The molecule has 26 heavy (non-hydrogen) atoms. The summed E-state index contributed by atoms with van der Waals surface area (Å²) in [5.74, 6) is -1.17. The molecule has 0 amide bonds. The van der Waals surface area contributed by atoms with E-state index in [0.717, 1.165) is 12.0 Å². The molecule has 2 aromatic carbocycles. The maximum absolute atomic E-state index is 12.9. The molecule has 2 atom stereocenters. The first-order valence-electron chi connectivity index (χ1n) is 8.45. The maximum atomic E-state index is 12.9. The van der Waals surface area contributed by atoms with E-state index in [1.807, 2.05) is 44.2 Å². The number of hydrogen-bond acceptors (Lipinski definition) is 4. The minimum Gasteiger partial charge on any atom is -0.478 e. The molecule has 0 aliphatic rings. The molecule has 0 heterocycles. The van der Waals surface area contributed by atoms with Gasteiger partial charge in [0.1, 0.15) is 4.90 Å². The van der Waals surface area contributed by atoms with E-state index < -0.39 is 22.0 Å². The summed E-state index contributed by atoms with van der Waals surface area (Å²) in [5.41, 5.74) is 1.13. The summed E-state index contributed by atoms with van der Waals surface area (Å²) >= 11 is 0. The average molecular weight is 376 g/mol. The Hall–Kier alpha value is -2.38. The molecule has 0 spiro atoms. The Morgan fingerprint density at radius 1 is 1.12 bits per heavy atom. The Morgan fingerprint density at radius 2 is 1.77 bits per heavy atom. The first kappa shape index (κ1) is 19.9. The van der Waals surface area contributed by atoms with Crippen molar-refractivity contribution < 1.29 is 18.3 Å². The van der Waals surface area contributed by atoms with E-state index >= 15 is 0 Å². The second-order valence-corrected chi connectivity index (χ2v) is 7.91. The minimum absolute atomic E-state index is 0.0474. The Morgan fingerprint density at radius 3 is 2.35 bits per heavy atom. The minimum atomic E-state index is -3.92. The summed E-state index contributed by atoms with van der Waals surface area (Å²) in [6.45, 7) is 5.66. The number of rotatable bonds is 8. The van der Waals surface area contributed by atoms with Crippen LogP contribution in [0, 0.1) is 0 Å². The average Bonchev–Trinajstić information content (AvgIpc) is 2.61. The van der Waals surface area contributed by atoms with Gasteiger partial charge in [-0.1, -0.05) is 37.3 Å². The lowest BCUT2D eigenvalue weighted by atomic mass is 10.1. The molecule has 0 bridgehead atoms. The fraction of sp³-hybridized carbons (Fsp3) is 0.316. The second-order valence-electron chi connectivity index (χ2n) is 6.22. The predicted octanol–water partition coefficient (Wildman–Crippen LogP) is 3.63. The third-order valence-electron chi connectivity index (χ3n) is 4.16. The molecule has 3 N–H and O–H groups in total. The molecule has 7 heteroatoms. The van der Waals surface area contributed by atoms with Crippen molar-refractivity contribution in [1.82, 2.24) is 4.72 Å². The molecule has 140 valence electrons. The number of carboxylic acids is 1. The molecular weight excluding hydrogens is 352 g/mol. The molecule has 0 aromatic heterocycles. The van der Waals surface area contributed by atoms with E-state index in [9.17, 15) is 18.3 Å². The van der Waals surface area contributed by atoms with Gasteiger partial charge >= 0.3 is 5.97 Å². The van der Waals surface area contributed by atoms with Crippen LogP contribution in [-0.2, 0) is 10.0 Å². The molecule has 0 radical (unpaired) electrons. The van der Waals surface area contributed by atoms with E-state index in [0.29, 0.717) is 5.69 Å². The zero-order valence-electron chi connectivity index (χ0n) is 15.1. The zero-order chi connectivity index (χ0) is 19.3. The van der Waals surface area contributed by atoms with Gasteiger partial charge in [-0.3, -0.25) is 0 Å². The van der Waals surface area contributed by atoms with Crippen LogP contribution < -0.4 is 10.0 Å². The number of anilines is 1. The largest absolute Gasteiger partial charge is 0.478 e. The van der Waals surface area contributed by atoms with Crippen LogP contribution in [0.4, 0.5) is 5.69 Å². The van der Waals surface area contributed by atoms with E-state index in [2.05, 4.69) is 10.0 Å². The number of aromatic carboxylic acids is 1. The molecule has 0 fully saturated rings. The van der Waals surface area contributed by atoms with Crippen molar-refractivity contribution in [3.8, 4) is 0 Å². The Bertz CT molecular complexity index is 866. The number of carbonyl (C=O) groups is 1. The molecule has 0 saturated heterocycles. The third-order valence-corrected chi connectivity index (χ3v) is 5.74. The van der Waals surface area contributed by atoms with Gasteiger partial charge in [0.25, 0.3) is 0 Å². The Balaban J connectivity index is 2.41. The van der Waals surface area contributed by atoms with E-state index in [4.69, 9.17) is 0 Å². The number of hydrogen-bond donors (Lipinski definition) is 3. The first-order chi connectivity index (χ1) is 12.2.